The molecule has 0 saturated carbocycles. The fourth-order valence-corrected chi connectivity index (χ4v) is 4.08. The van der Waals surface area contributed by atoms with Crippen molar-refractivity contribution in [3.63, 3.8) is 0 Å². The lowest BCUT2D eigenvalue weighted by Gasteiger charge is -2.14. The average molecular weight is 377 g/mol. The highest BCUT2D eigenvalue weighted by Gasteiger charge is 2.13. The fraction of sp³-hybridized carbons (Fsp3) is 0.222. The molecular formula is C18H17BrO2S. The Bertz CT molecular complexity index is 764. The Morgan fingerprint density at radius 3 is 2.59 bits per heavy atom. The van der Waals surface area contributed by atoms with Crippen LogP contribution in [0.2, 0.25) is 0 Å². The highest BCUT2D eigenvalue weighted by atomic mass is 79.9. The van der Waals surface area contributed by atoms with Crippen LogP contribution in [0.5, 0.6) is 5.75 Å². The molecule has 0 amide bonds. The molecule has 0 saturated heterocycles. The number of hydrogen-bond donors (Lipinski definition) is 1. The Kier molecular flexibility index (Phi) is 4.81. The van der Waals surface area contributed by atoms with Crippen LogP contribution in [0, 0.1) is 0 Å². The highest BCUT2D eigenvalue weighted by molar-refractivity contribution is 9.10. The SMILES string of the molecule is COc1ccc(C(CO)Cc2cc3cc(Br)ccc3s2)cc1. The van der Waals surface area contributed by atoms with Crippen LogP contribution in [0.1, 0.15) is 16.4 Å². The standard InChI is InChI=1S/C18H17BrO2S/c1-21-16-5-2-12(3-6-16)14(11-20)10-17-9-13-8-15(19)4-7-18(13)22-17/h2-9,14,20H,10-11H2,1H3. The third-order valence-corrected chi connectivity index (χ3v) is 5.42. The zero-order valence-electron chi connectivity index (χ0n) is 12.3. The molecule has 3 aromatic rings. The van der Waals surface area contributed by atoms with Crippen LogP contribution in [0.4, 0.5) is 0 Å². The maximum Gasteiger partial charge on any atom is 0.118 e. The van der Waals surface area contributed by atoms with E-state index in [9.17, 15) is 5.11 Å². The molecule has 0 aliphatic carbocycles. The first-order chi connectivity index (χ1) is 10.7. The van der Waals surface area contributed by atoms with Crippen molar-refractivity contribution in [2.75, 3.05) is 13.7 Å². The lowest BCUT2D eigenvalue weighted by atomic mass is 9.95. The number of methoxy groups -OCH3 is 1. The highest BCUT2D eigenvalue weighted by Crippen LogP contribution is 2.32. The summed E-state index contributed by atoms with van der Waals surface area (Å²) < 4.78 is 7.56. The van der Waals surface area contributed by atoms with Gasteiger partial charge in [0, 0.05) is 20.0 Å². The van der Waals surface area contributed by atoms with E-state index in [-0.39, 0.29) is 12.5 Å². The van der Waals surface area contributed by atoms with E-state index in [1.165, 1.54) is 15.0 Å². The van der Waals surface area contributed by atoms with Crippen LogP contribution < -0.4 is 4.74 Å². The third kappa shape index (κ3) is 3.35. The van der Waals surface area contributed by atoms with Gasteiger partial charge in [-0.25, -0.2) is 0 Å². The van der Waals surface area contributed by atoms with Crippen molar-refractivity contribution >= 4 is 37.4 Å². The lowest BCUT2D eigenvalue weighted by Crippen LogP contribution is -2.06. The Morgan fingerprint density at radius 1 is 1.14 bits per heavy atom. The Balaban J connectivity index is 1.83. The third-order valence-electron chi connectivity index (χ3n) is 3.78. The smallest absolute Gasteiger partial charge is 0.118 e. The van der Waals surface area contributed by atoms with Gasteiger partial charge in [0.05, 0.1) is 13.7 Å². The van der Waals surface area contributed by atoms with Gasteiger partial charge in [0.15, 0.2) is 0 Å². The van der Waals surface area contributed by atoms with Crippen molar-refractivity contribution in [2.45, 2.75) is 12.3 Å². The molecule has 0 bridgehead atoms. The van der Waals surface area contributed by atoms with Crippen LogP contribution in [-0.2, 0) is 6.42 Å². The Morgan fingerprint density at radius 2 is 1.91 bits per heavy atom. The predicted octanol–water partition coefficient (Wildman–Crippen LogP) is 4.99. The molecule has 4 heteroatoms. The molecule has 0 aliphatic heterocycles. The van der Waals surface area contributed by atoms with Gasteiger partial charge in [-0.15, -0.1) is 11.3 Å². The first-order valence-corrected chi connectivity index (χ1v) is 8.73. The van der Waals surface area contributed by atoms with E-state index in [4.69, 9.17) is 4.74 Å². The molecule has 0 radical (unpaired) electrons. The summed E-state index contributed by atoms with van der Waals surface area (Å²) in [4.78, 5) is 1.29. The number of hydrogen-bond acceptors (Lipinski definition) is 3. The molecule has 0 fully saturated rings. The maximum atomic E-state index is 9.75. The van der Waals surface area contributed by atoms with Crippen LogP contribution in [-0.4, -0.2) is 18.8 Å². The summed E-state index contributed by atoms with van der Waals surface area (Å²) in [5, 5.41) is 11.0. The summed E-state index contributed by atoms with van der Waals surface area (Å²) >= 11 is 5.30. The van der Waals surface area contributed by atoms with E-state index < -0.39 is 0 Å². The van der Waals surface area contributed by atoms with E-state index in [1.54, 1.807) is 18.4 Å². The van der Waals surface area contributed by atoms with Gasteiger partial charge in [0.1, 0.15) is 5.75 Å². The number of halogens is 1. The molecule has 1 N–H and O–H groups in total. The van der Waals surface area contributed by atoms with Gasteiger partial charge in [-0.05, 0) is 53.8 Å². The number of aliphatic hydroxyl groups excluding tert-OH is 1. The van der Waals surface area contributed by atoms with E-state index in [0.717, 1.165) is 22.2 Å². The number of aliphatic hydroxyl groups is 1. The van der Waals surface area contributed by atoms with Gasteiger partial charge in [-0.2, -0.15) is 0 Å². The molecule has 3 rings (SSSR count). The summed E-state index contributed by atoms with van der Waals surface area (Å²) in [7, 11) is 1.66. The van der Waals surface area contributed by atoms with Crippen molar-refractivity contribution in [2.24, 2.45) is 0 Å². The minimum atomic E-state index is 0.113. The molecule has 1 aromatic heterocycles. The molecule has 2 aromatic carbocycles. The lowest BCUT2D eigenvalue weighted by molar-refractivity contribution is 0.265. The predicted molar refractivity (Wildman–Crippen MR) is 96.0 cm³/mol. The molecule has 22 heavy (non-hydrogen) atoms. The van der Waals surface area contributed by atoms with Gasteiger partial charge in [0.25, 0.3) is 0 Å². The van der Waals surface area contributed by atoms with Gasteiger partial charge in [-0.3, -0.25) is 0 Å². The van der Waals surface area contributed by atoms with Crippen molar-refractivity contribution in [3.8, 4) is 5.75 Å². The van der Waals surface area contributed by atoms with Gasteiger partial charge in [0.2, 0.25) is 0 Å². The summed E-state index contributed by atoms with van der Waals surface area (Å²) in [5.41, 5.74) is 1.14. The molecule has 0 spiro atoms. The minimum Gasteiger partial charge on any atom is -0.497 e. The topological polar surface area (TPSA) is 29.5 Å². The van der Waals surface area contributed by atoms with Crippen LogP contribution in [0.25, 0.3) is 10.1 Å². The second kappa shape index (κ2) is 6.82. The number of benzene rings is 2. The minimum absolute atomic E-state index is 0.113. The molecule has 1 atom stereocenters. The molecule has 114 valence electrons. The largest absolute Gasteiger partial charge is 0.497 e. The molecule has 0 aliphatic rings. The van der Waals surface area contributed by atoms with Crippen molar-refractivity contribution in [3.05, 3.63) is 63.4 Å². The first-order valence-electron chi connectivity index (χ1n) is 7.12. The fourth-order valence-electron chi connectivity index (χ4n) is 2.58. The summed E-state index contributed by atoms with van der Waals surface area (Å²) in [6, 6.07) is 16.5. The van der Waals surface area contributed by atoms with Gasteiger partial charge >= 0.3 is 0 Å². The van der Waals surface area contributed by atoms with Gasteiger partial charge in [-0.1, -0.05) is 28.1 Å². The van der Waals surface area contributed by atoms with E-state index >= 15 is 0 Å². The summed E-state index contributed by atoms with van der Waals surface area (Å²) in [6.45, 7) is 0.143. The normalized spacial score (nSPS) is 12.5. The molecule has 1 unspecified atom stereocenters. The first kappa shape index (κ1) is 15.5. The number of fused-ring (bicyclic) bond motifs is 1. The van der Waals surface area contributed by atoms with Crippen molar-refractivity contribution in [1.29, 1.82) is 0 Å². The molecular weight excluding hydrogens is 360 g/mol. The Labute approximate surface area is 142 Å². The van der Waals surface area contributed by atoms with Crippen LogP contribution >= 0.6 is 27.3 Å². The average Bonchev–Trinajstić information content (AvgIpc) is 2.94. The number of thiophene rings is 1. The van der Waals surface area contributed by atoms with E-state index in [0.29, 0.717) is 0 Å². The number of ether oxygens (including phenoxy) is 1. The Hall–Kier alpha value is -1.36. The van der Waals surface area contributed by atoms with Crippen LogP contribution in [0.15, 0.2) is 53.0 Å². The number of rotatable bonds is 5. The van der Waals surface area contributed by atoms with Crippen molar-refractivity contribution in [1.82, 2.24) is 0 Å². The monoisotopic (exact) mass is 376 g/mol. The van der Waals surface area contributed by atoms with E-state index in [1.807, 2.05) is 24.3 Å². The summed E-state index contributed by atoms with van der Waals surface area (Å²) in [6.07, 6.45) is 0.847. The summed E-state index contributed by atoms with van der Waals surface area (Å²) in [5.74, 6) is 0.953. The molecule has 2 nitrogen and oxygen atoms in total. The molecule has 1 heterocycles. The maximum absolute atomic E-state index is 9.75. The second-order valence-electron chi connectivity index (χ2n) is 5.25. The quantitative estimate of drug-likeness (QED) is 0.679. The zero-order chi connectivity index (χ0) is 15.5. The van der Waals surface area contributed by atoms with Crippen molar-refractivity contribution < 1.29 is 9.84 Å². The second-order valence-corrected chi connectivity index (χ2v) is 7.34. The van der Waals surface area contributed by atoms with Gasteiger partial charge < -0.3 is 9.84 Å². The zero-order valence-corrected chi connectivity index (χ0v) is 14.7. The van der Waals surface area contributed by atoms with E-state index in [2.05, 4.69) is 40.2 Å². The van der Waals surface area contributed by atoms with Crippen LogP contribution in [0.3, 0.4) is 0 Å².